The van der Waals surface area contributed by atoms with E-state index in [1.165, 1.54) is 6.20 Å². The predicted octanol–water partition coefficient (Wildman–Crippen LogP) is -1.33. The van der Waals surface area contributed by atoms with Gasteiger partial charge in [-0.05, 0) is 12.1 Å². The number of hydrogen-bond acceptors (Lipinski definition) is 3. The van der Waals surface area contributed by atoms with Crippen LogP contribution in [0.1, 0.15) is 10.4 Å². The number of rotatable bonds is 1. The van der Waals surface area contributed by atoms with Gasteiger partial charge in [0.25, 0.3) is 0 Å². The van der Waals surface area contributed by atoms with E-state index in [4.69, 9.17) is 0 Å². The Bertz CT molecular complexity index is 228. The zero-order valence-electron chi connectivity index (χ0n) is 6.15. The fraction of sp³-hybridized carbons (Fsp3) is 0. The predicted molar refractivity (Wildman–Crippen MR) is 42.6 cm³/mol. The van der Waals surface area contributed by atoms with Crippen LogP contribution in [0.2, 0.25) is 0 Å². The van der Waals surface area contributed by atoms with Gasteiger partial charge in [0.2, 0.25) is 0 Å². The van der Waals surface area contributed by atoms with Crippen molar-refractivity contribution in [2.45, 2.75) is 0 Å². The van der Waals surface area contributed by atoms with Crippen LogP contribution >= 0.6 is 0 Å². The lowest BCUT2D eigenvalue weighted by molar-refractivity contribution is 0.0749. The average molecular weight is 185 g/mol. The Morgan fingerprint density at radius 1 is 1.50 bits per heavy atom. The van der Waals surface area contributed by atoms with Crippen molar-refractivity contribution < 1.29 is 19.5 Å². The summed E-state index contributed by atoms with van der Waals surface area (Å²) >= 11 is 1.89. The van der Waals surface area contributed by atoms with Crippen molar-refractivity contribution >= 4 is 22.6 Å². The van der Waals surface area contributed by atoms with Gasteiger partial charge in [-0.1, -0.05) is 0 Å². The van der Waals surface area contributed by atoms with Gasteiger partial charge in [0.05, 0.1) is 5.56 Å². The molecule has 1 aromatic rings. The Kier molecular flexibility index (Phi) is 7.69. The van der Waals surface area contributed by atoms with Crippen molar-refractivity contribution in [3.63, 3.8) is 0 Å². The van der Waals surface area contributed by atoms with Crippen molar-refractivity contribution in [1.29, 1.82) is 0 Å². The van der Waals surface area contributed by atoms with Crippen LogP contribution in [0.4, 0.5) is 0 Å². The van der Waals surface area contributed by atoms with Gasteiger partial charge >= 0.3 is 22.6 Å². The normalized spacial score (nSPS) is 7.33. The third kappa shape index (κ3) is 3.46. The van der Waals surface area contributed by atoms with Crippen LogP contribution in [0.3, 0.4) is 0 Å². The minimum atomic E-state index is -0.391. The third-order valence-electron chi connectivity index (χ3n) is 1.00. The van der Waals surface area contributed by atoms with Gasteiger partial charge in [0.1, 0.15) is 0 Å². The molecule has 0 aliphatic heterocycles. The third-order valence-corrected chi connectivity index (χ3v) is 1.22. The van der Waals surface area contributed by atoms with E-state index >= 15 is 0 Å². The van der Waals surface area contributed by atoms with Crippen LogP contribution in [-0.4, -0.2) is 38.5 Å². The second-order valence-corrected chi connectivity index (χ2v) is 1.88. The second-order valence-electron chi connectivity index (χ2n) is 1.65. The number of carbonyl (C=O) groups is 1. The molecular weight excluding hydrogens is 177 g/mol. The van der Waals surface area contributed by atoms with Crippen molar-refractivity contribution in [1.82, 2.24) is 4.98 Å². The number of pyridine rings is 1. The topological polar surface area (TPSA) is 102 Å². The smallest absolute Gasteiger partial charge is 0.485 e. The van der Waals surface area contributed by atoms with Crippen LogP contribution in [0.5, 0.6) is 0 Å². The summed E-state index contributed by atoms with van der Waals surface area (Å²) in [6.45, 7) is 0. The van der Waals surface area contributed by atoms with Crippen LogP contribution in [0.15, 0.2) is 24.5 Å². The van der Waals surface area contributed by atoms with Crippen LogP contribution in [-0.2, 0) is 3.79 Å². The SMILES string of the molecule is O.O.O=C([O][Al])c1cccnc1. The van der Waals surface area contributed by atoms with Gasteiger partial charge in [-0.3, -0.25) is 4.98 Å². The maximum absolute atomic E-state index is 10.7. The van der Waals surface area contributed by atoms with Gasteiger partial charge in [-0.2, -0.15) is 0 Å². The first-order valence-corrected chi connectivity index (χ1v) is 3.13. The highest BCUT2D eigenvalue weighted by atomic mass is 27.1. The van der Waals surface area contributed by atoms with E-state index in [9.17, 15) is 4.79 Å². The summed E-state index contributed by atoms with van der Waals surface area (Å²) in [5, 5.41) is 0. The summed E-state index contributed by atoms with van der Waals surface area (Å²) in [5.74, 6) is -0.391. The zero-order valence-corrected chi connectivity index (χ0v) is 7.31. The van der Waals surface area contributed by atoms with Crippen molar-refractivity contribution in [3.8, 4) is 0 Å². The van der Waals surface area contributed by atoms with Gasteiger partial charge in [-0.25, -0.2) is 4.79 Å². The number of hydrogen-bond donors (Lipinski definition) is 0. The van der Waals surface area contributed by atoms with Crippen molar-refractivity contribution in [3.05, 3.63) is 30.1 Å². The molecular formula is C6H8AlNO4. The standard InChI is InChI=1S/C6H5NO2.Al.2H2O/c8-6(9)5-2-1-3-7-4-5;;;/h1-4H,(H,8,9);;2*1H2/q;+1;;/p-1. The summed E-state index contributed by atoms with van der Waals surface area (Å²) in [5.41, 5.74) is 0.456. The number of nitrogens with zero attached hydrogens (tertiary/aromatic N) is 1. The first-order chi connectivity index (χ1) is 4.84. The summed E-state index contributed by atoms with van der Waals surface area (Å²) < 4.78 is 4.37. The number of aromatic nitrogens is 1. The minimum absolute atomic E-state index is 0. The van der Waals surface area contributed by atoms with E-state index in [2.05, 4.69) is 8.77 Å². The summed E-state index contributed by atoms with van der Waals surface area (Å²) in [4.78, 5) is 14.5. The maximum Gasteiger partial charge on any atom is 0.485 e. The molecule has 1 aromatic heterocycles. The zero-order chi connectivity index (χ0) is 7.40. The molecule has 0 bridgehead atoms. The van der Waals surface area contributed by atoms with Crippen molar-refractivity contribution in [2.24, 2.45) is 0 Å². The highest BCUT2D eigenvalue weighted by molar-refractivity contribution is 6.09. The van der Waals surface area contributed by atoms with E-state index in [-0.39, 0.29) is 11.0 Å². The molecule has 1 heterocycles. The molecule has 0 aromatic carbocycles. The Hall–Kier alpha value is -0.928. The fourth-order valence-corrected chi connectivity index (χ4v) is 0.688. The lowest BCUT2D eigenvalue weighted by Crippen LogP contribution is -2.01. The molecule has 0 spiro atoms. The number of carbonyl (C=O) groups excluding carboxylic acids is 1. The minimum Gasteiger partial charge on any atom is -0.624 e. The molecule has 0 aliphatic rings. The molecule has 12 heavy (non-hydrogen) atoms. The summed E-state index contributed by atoms with van der Waals surface area (Å²) in [6, 6.07) is 3.32. The first kappa shape index (κ1) is 13.6. The van der Waals surface area contributed by atoms with Gasteiger partial charge in [-0.15, -0.1) is 0 Å². The van der Waals surface area contributed by atoms with E-state index in [1.807, 2.05) is 16.6 Å². The fourth-order valence-electron chi connectivity index (χ4n) is 0.552. The summed E-state index contributed by atoms with van der Waals surface area (Å²) in [7, 11) is 0. The van der Waals surface area contributed by atoms with E-state index in [0.29, 0.717) is 5.56 Å². The highest BCUT2D eigenvalue weighted by Gasteiger charge is 2.00. The second kappa shape index (κ2) is 6.76. The first-order valence-electron chi connectivity index (χ1n) is 2.65. The van der Waals surface area contributed by atoms with Crippen LogP contribution in [0.25, 0.3) is 0 Å². The maximum atomic E-state index is 10.7. The highest BCUT2D eigenvalue weighted by Crippen LogP contribution is 1.95. The van der Waals surface area contributed by atoms with E-state index < -0.39 is 5.97 Å². The quantitative estimate of drug-likeness (QED) is 0.506. The van der Waals surface area contributed by atoms with E-state index in [1.54, 1.807) is 18.3 Å². The Balaban J connectivity index is 0. The lowest BCUT2D eigenvalue weighted by atomic mass is 10.3. The summed E-state index contributed by atoms with van der Waals surface area (Å²) in [6.07, 6.45) is 3.05. The van der Waals surface area contributed by atoms with Crippen molar-refractivity contribution in [2.75, 3.05) is 0 Å². The monoisotopic (exact) mass is 185 g/mol. The van der Waals surface area contributed by atoms with Gasteiger partial charge in [0, 0.05) is 12.4 Å². The largest absolute Gasteiger partial charge is 0.624 e. The molecule has 6 heteroatoms. The molecule has 1 rings (SSSR count). The van der Waals surface area contributed by atoms with Crippen LogP contribution in [0, 0.1) is 0 Å². The Labute approximate surface area is 77.8 Å². The molecule has 0 saturated carbocycles. The van der Waals surface area contributed by atoms with Crippen LogP contribution < -0.4 is 0 Å². The molecule has 0 fully saturated rings. The van der Waals surface area contributed by atoms with E-state index in [0.717, 1.165) is 0 Å². The lowest BCUT2D eigenvalue weighted by Gasteiger charge is -1.97. The molecule has 0 atom stereocenters. The molecule has 0 unspecified atom stereocenters. The molecule has 5 nitrogen and oxygen atoms in total. The van der Waals surface area contributed by atoms with Gasteiger partial charge in [0.15, 0.2) is 0 Å². The molecule has 0 amide bonds. The molecule has 4 N–H and O–H groups in total. The molecule has 2 radical (unpaired) electrons. The average Bonchev–Trinajstić information content (AvgIpc) is 2.05. The molecule has 64 valence electrons. The Morgan fingerprint density at radius 2 is 2.17 bits per heavy atom. The molecule has 0 saturated heterocycles. The molecule has 0 aliphatic carbocycles. The van der Waals surface area contributed by atoms with Gasteiger partial charge < -0.3 is 14.7 Å². The Morgan fingerprint density at radius 3 is 2.58 bits per heavy atom.